The summed E-state index contributed by atoms with van der Waals surface area (Å²) in [5.74, 6) is 1.03. The molecule has 1 fully saturated rings. The predicted molar refractivity (Wildman–Crippen MR) is 82.4 cm³/mol. The van der Waals surface area contributed by atoms with Gasteiger partial charge >= 0.3 is 0 Å². The average Bonchev–Trinajstić information content (AvgIpc) is 2.45. The number of benzene rings is 1. The molecule has 2 N–H and O–H groups in total. The SMILES string of the molecule is CC(C)c1ccc(OCC(=O)NC2CC(O)C2(C)C)cc1. The zero-order chi connectivity index (χ0) is 15.6. The Labute approximate surface area is 126 Å². The van der Waals surface area contributed by atoms with Gasteiger partial charge in [0.25, 0.3) is 5.91 Å². The molecule has 1 aliphatic rings. The number of carbonyl (C=O) groups is 1. The number of ether oxygens (including phenoxy) is 1. The second-order valence-electron chi connectivity index (χ2n) is 6.71. The number of aliphatic hydroxyl groups excluding tert-OH is 1. The van der Waals surface area contributed by atoms with E-state index in [0.29, 0.717) is 18.1 Å². The Morgan fingerprint density at radius 2 is 2.00 bits per heavy atom. The summed E-state index contributed by atoms with van der Waals surface area (Å²) >= 11 is 0. The van der Waals surface area contributed by atoms with Crippen molar-refractivity contribution in [3.8, 4) is 5.75 Å². The summed E-state index contributed by atoms with van der Waals surface area (Å²) in [7, 11) is 0. The van der Waals surface area contributed by atoms with E-state index in [-0.39, 0.29) is 30.1 Å². The smallest absolute Gasteiger partial charge is 0.258 e. The number of hydrogen-bond acceptors (Lipinski definition) is 3. The highest BCUT2D eigenvalue weighted by atomic mass is 16.5. The molecule has 0 aliphatic heterocycles. The topological polar surface area (TPSA) is 58.6 Å². The molecule has 1 aromatic rings. The molecule has 0 bridgehead atoms. The van der Waals surface area contributed by atoms with Crippen molar-refractivity contribution >= 4 is 5.91 Å². The largest absolute Gasteiger partial charge is 0.484 e. The fourth-order valence-corrected chi connectivity index (χ4v) is 2.48. The molecule has 116 valence electrons. The van der Waals surface area contributed by atoms with Gasteiger partial charge in [-0.25, -0.2) is 0 Å². The zero-order valence-electron chi connectivity index (χ0n) is 13.2. The van der Waals surface area contributed by atoms with Crippen LogP contribution in [0.2, 0.25) is 0 Å². The molecule has 1 aromatic carbocycles. The lowest BCUT2D eigenvalue weighted by Crippen LogP contribution is -2.61. The molecule has 1 saturated carbocycles. The lowest BCUT2D eigenvalue weighted by Gasteiger charge is -2.49. The van der Waals surface area contributed by atoms with Gasteiger partial charge in [0.1, 0.15) is 5.75 Å². The first kappa shape index (κ1) is 15.8. The van der Waals surface area contributed by atoms with Gasteiger partial charge in [-0.3, -0.25) is 4.79 Å². The molecular formula is C17H25NO3. The maximum Gasteiger partial charge on any atom is 0.258 e. The fourth-order valence-electron chi connectivity index (χ4n) is 2.48. The molecule has 2 atom stereocenters. The number of carbonyl (C=O) groups excluding carboxylic acids is 1. The van der Waals surface area contributed by atoms with Crippen LogP contribution in [0.1, 0.15) is 45.6 Å². The van der Waals surface area contributed by atoms with Gasteiger partial charge in [-0.15, -0.1) is 0 Å². The number of nitrogens with one attached hydrogen (secondary N) is 1. The van der Waals surface area contributed by atoms with Crippen LogP contribution in [-0.4, -0.2) is 29.8 Å². The van der Waals surface area contributed by atoms with Gasteiger partial charge in [0.15, 0.2) is 6.61 Å². The Kier molecular flexibility index (Phi) is 4.57. The first-order chi connectivity index (χ1) is 9.80. The van der Waals surface area contributed by atoms with Crippen molar-refractivity contribution in [2.45, 2.75) is 52.2 Å². The van der Waals surface area contributed by atoms with Crippen molar-refractivity contribution in [2.75, 3.05) is 6.61 Å². The normalized spacial score (nSPS) is 23.5. The van der Waals surface area contributed by atoms with E-state index in [9.17, 15) is 9.90 Å². The predicted octanol–water partition coefficient (Wildman–Crippen LogP) is 2.46. The highest BCUT2D eigenvalue weighted by Gasteiger charge is 2.47. The lowest BCUT2D eigenvalue weighted by molar-refractivity contribution is -0.131. The Morgan fingerprint density at radius 3 is 2.48 bits per heavy atom. The van der Waals surface area contributed by atoms with Crippen LogP contribution in [0, 0.1) is 5.41 Å². The highest BCUT2D eigenvalue weighted by Crippen LogP contribution is 2.40. The summed E-state index contributed by atoms with van der Waals surface area (Å²) in [6.45, 7) is 8.19. The van der Waals surface area contributed by atoms with Gasteiger partial charge in [-0.1, -0.05) is 39.8 Å². The molecule has 0 spiro atoms. The van der Waals surface area contributed by atoms with Gasteiger partial charge in [-0.2, -0.15) is 0 Å². The van der Waals surface area contributed by atoms with Crippen LogP contribution < -0.4 is 10.1 Å². The van der Waals surface area contributed by atoms with Gasteiger partial charge in [0.2, 0.25) is 0 Å². The first-order valence-electron chi connectivity index (χ1n) is 7.51. The minimum atomic E-state index is -0.340. The van der Waals surface area contributed by atoms with E-state index < -0.39 is 0 Å². The second-order valence-corrected chi connectivity index (χ2v) is 6.71. The Balaban J connectivity index is 1.79. The van der Waals surface area contributed by atoms with Gasteiger partial charge < -0.3 is 15.2 Å². The molecular weight excluding hydrogens is 266 g/mol. The van der Waals surface area contributed by atoms with E-state index in [1.807, 2.05) is 38.1 Å². The maximum atomic E-state index is 11.9. The Hall–Kier alpha value is -1.55. The minimum Gasteiger partial charge on any atom is -0.484 e. The third-order valence-electron chi connectivity index (χ3n) is 4.47. The molecule has 0 radical (unpaired) electrons. The molecule has 0 saturated heterocycles. The molecule has 2 rings (SSSR count). The van der Waals surface area contributed by atoms with E-state index in [1.165, 1.54) is 5.56 Å². The standard InChI is InChI=1S/C17H25NO3/c1-11(2)12-5-7-13(8-6-12)21-10-16(20)18-14-9-15(19)17(14,3)4/h5-8,11,14-15,19H,9-10H2,1-4H3,(H,18,20). The molecule has 2 unspecified atom stereocenters. The molecule has 0 aromatic heterocycles. The molecule has 0 heterocycles. The van der Waals surface area contributed by atoms with Crippen LogP contribution in [0.4, 0.5) is 0 Å². The summed E-state index contributed by atoms with van der Waals surface area (Å²) < 4.78 is 5.49. The van der Waals surface area contributed by atoms with Gasteiger partial charge in [0.05, 0.1) is 6.10 Å². The summed E-state index contributed by atoms with van der Waals surface area (Å²) in [5.41, 5.74) is 0.992. The van der Waals surface area contributed by atoms with Crippen LogP contribution in [0.25, 0.3) is 0 Å². The summed E-state index contributed by atoms with van der Waals surface area (Å²) in [4.78, 5) is 11.9. The van der Waals surface area contributed by atoms with Crippen molar-refractivity contribution in [3.05, 3.63) is 29.8 Å². The number of amides is 1. The third-order valence-corrected chi connectivity index (χ3v) is 4.47. The fraction of sp³-hybridized carbons (Fsp3) is 0.588. The minimum absolute atomic E-state index is 0.00367. The monoisotopic (exact) mass is 291 g/mol. The third kappa shape index (κ3) is 3.56. The summed E-state index contributed by atoms with van der Waals surface area (Å²) in [6, 6.07) is 7.83. The average molecular weight is 291 g/mol. The quantitative estimate of drug-likeness (QED) is 0.876. The number of rotatable bonds is 5. The van der Waals surface area contributed by atoms with Crippen LogP contribution >= 0.6 is 0 Å². The maximum absolute atomic E-state index is 11.9. The Morgan fingerprint density at radius 1 is 1.38 bits per heavy atom. The van der Waals surface area contributed by atoms with E-state index in [4.69, 9.17) is 4.74 Å². The zero-order valence-corrected chi connectivity index (χ0v) is 13.2. The van der Waals surface area contributed by atoms with Gasteiger partial charge in [-0.05, 0) is 30.0 Å². The van der Waals surface area contributed by atoms with E-state index in [1.54, 1.807) is 0 Å². The van der Waals surface area contributed by atoms with Crippen molar-refractivity contribution in [2.24, 2.45) is 5.41 Å². The molecule has 1 amide bonds. The molecule has 21 heavy (non-hydrogen) atoms. The molecule has 1 aliphatic carbocycles. The second kappa shape index (κ2) is 6.06. The van der Waals surface area contributed by atoms with Crippen LogP contribution in [0.5, 0.6) is 5.75 Å². The van der Waals surface area contributed by atoms with Gasteiger partial charge in [0, 0.05) is 11.5 Å². The lowest BCUT2D eigenvalue weighted by atomic mass is 9.64. The van der Waals surface area contributed by atoms with Crippen molar-refractivity contribution in [1.29, 1.82) is 0 Å². The van der Waals surface area contributed by atoms with E-state index in [2.05, 4.69) is 19.2 Å². The van der Waals surface area contributed by atoms with Crippen molar-refractivity contribution in [3.63, 3.8) is 0 Å². The van der Waals surface area contributed by atoms with Crippen molar-refractivity contribution < 1.29 is 14.6 Å². The summed E-state index contributed by atoms with van der Waals surface area (Å²) in [5, 5.41) is 12.6. The van der Waals surface area contributed by atoms with Crippen molar-refractivity contribution in [1.82, 2.24) is 5.32 Å². The van der Waals surface area contributed by atoms with Crippen LogP contribution in [0.15, 0.2) is 24.3 Å². The first-order valence-corrected chi connectivity index (χ1v) is 7.51. The number of hydrogen-bond donors (Lipinski definition) is 2. The van der Waals surface area contributed by atoms with Crippen LogP contribution in [0.3, 0.4) is 0 Å². The van der Waals surface area contributed by atoms with E-state index in [0.717, 1.165) is 0 Å². The molecule has 4 nitrogen and oxygen atoms in total. The van der Waals surface area contributed by atoms with Crippen LogP contribution in [-0.2, 0) is 4.79 Å². The van der Waals surface area contributed by atoms with E-state index >= 15 is 0 Å². The Bertz CT molecular complexity index is 493. The summed E-state index contributed by atoms with van der Waals surface area (Å²) in [6.07, 6.45) is 0.272. The molecule has 4 heteroatoms. The number of aliphatic hydroxyl groups is 1. The highest BCUT2D eigenvalue weighted by molar-refractivity contribution is 5.78.